The van der Waals surface area contributed by atoms with Crippen LogP contribution in [0.3, 0.4) is 0 Å². The van der Waals surface area contributed by atoms with E-state index in [0.29, 0.717) is 0 Å². The van der Waals surface area contributed by atoms with E-state index in [-0.39, 0.29) is 46.1 Å². The summed E-state index contributed by atoms with van der Waals surface area (Å²) in [4.78, 5) is 19.6. The van der Waals surface area contributed by atoms with E-state index in [0.717, 1.165) is 0 Å². The van der Waals surface area contributed by atoms with Crippen LogP contribution in [-0.4, -0.2) is 11.6 Å². The van der Waals surface area contributed by atoms with Crippen LogP contribution in [0.2, 0.25) is 0 Å². The number of Topliss-reactive ketones (excluding diaryl/α,β-unsaturated/α-hetero) is 2. The van der Waals surface area contributed by atoms with Crippen LogP contribution in [0.15, 0.2) is 0 Å². The van der Waals surface area contributed by atoms with Gasteiger partial charge in [-0.25, -0.2) is 0 Å². The van der Waals surface area contributed by atoms with Gasteiger partial charge in [0.25, 0.3) is 0 Å². The summed E-state index contributed by atoms with van der Waals surface area (Å²) in [6.07, 6.45) is 4.08. The molecule has 0 radical (unpaired) electrons. The van der Waals surface area contributed by atoms with Gasteiger partial charge in [-0.05, 0) is 13.8 Å². The van der Waals surface area contributed by atoms with Crippen LogP contribution in [0.25, 0.3) is 0 Å². The Labute approximate surface area is 133 Å². The monoisotopic (exact) mass is 300 g/mol. The molecule has 0 amide bonds. The largest absolute Gasteiger partial charge is 2.00 e. The van der Waals surface area contributed by atoms with Crippen LogP contribution in [-0.2, 0) is 31.3 Å². The summed E-state index contributed by atoms with van der Waals surface area (Å²) < 4.78 is 0. The average molecular weight is 300 g/mol. The fourth-order valence-electron chi connectivity index (χ4n) is 0.223. The minimum atomic E-state index is -0.0718. The Morgan fingerprint density at radius 1 is 0.842 bits per heavy atom. The second kappa shape index (κ2) is 36.0. The fourth-order valence-corrected chi connectivity index (χ4v) is 0.223. The van der Waals surface area contributed by atoms with E-state index in [1.54, 1.807) is 12.1 Å². The van der Waals surface area contributed by atoms with Gasteiger partial charge in [-0.1, -0.05) is 0 Å². The zero-order valence-electron chi connectivity index (χ0n) is 12.8. The standard InChI is InChI=1S/2C4H5NO.2C3H7.Ti/c2*1-4(6)2-3-5;2*1-3-2;/h2*2H2,1H3;2*3H,1-2H3;/q;;2*-1;+2. The number of rotatable bonds is 2. The van der Waals surface area contributed by atoms with Crippen molar-refractivity contribution in [1.29, 1.82) is 10.5 Å². The molecule has 0 atom stereocenters. The average Bonchev–Trinajstić information content (AvgIpc) is 2.20. The van der Waals surface area contributed by atoms with E-state index in [4.69, 9.17) is 10.5 Å². The molecule has 0 rings (SSSR count). The third-order valence-electron chi connectivity index (χ3n) is 0.656. The molecule has 19 heavy (non-hydrogen) atoms. The third-order valence-corrected chi connectivity index (χ3v) is 0.656. The molecular formula is C14H24N2O2Ti. The van der Waals surface area contributed by atoms with Crippen molar-refractivity contribution in [2.75, 3.05) is 0 Å². The second-order valence-corrected chi connectivity index (χ2v) is 3.23. The van der Waals surface area contributed by atoms with Crippen molar-refractivity contribution in [2.45, 2.75) is 54.4 Å². The Morgan fingerprint density at radius 3 is 1.00 bits per heavy atom. The van der Waals surface area contributed by atoms with E-state index in [1.165, 1.54) is 13.8 Å². The van der Waals surface area contributed by atoms with Gasteiger partial charge >= 0.3 is 21.7 Å². The summed E-state index contributed by atoms with van der Waals surface area (Å²) >= 11 is 0. The van der Waals surface area contributed by atoms with E-state index in [1.807, 2.05) is 40.5 Å². The second-order valence-electron chi connectivity index (χ2n) is 3.23. The molecule has 0 aliphatic rings. The van der Waals surface area contributed by atoms with Gasteiger partial charge < -0.3 is 12.8 Å². The molecule has 106 valence electrons. The summed E-state index contributed by atoms with van der Waals surface area (Å²) in [6, 6.07) is 3.44. The van der Waals surface area contributed by atoms with E-state index in [2.05, 4.69) is 0 Å². The van der Waals surface area contributed by atoms with Crippen molar-refractivity contribution >= 4 is 11.6 Å². The summed E-state index contributed by atoms with van der Waals surface area (Å²) in [7, 11) is 0. The number of ketones is 2. The number of carbonyl (C=O) groups excluding carboxylic acids is 2. The van der Waals surface area contributed by atoms with Crippen molar-refractivity contribution < 1.29 is 31.3 Å². The Bertz CT molecular complexity index is 238. The van der Waals surface area contributed by atoms with Crippen molar-refractivity contribution in [2.24, 2.45) is 0 Å². The molecule has 0 aliphatic heterocycles. The van der Waals surface area contributed by atoms with Gasteiger partial charge in [-0.3, -0.25) is 9.59 Å². The Kier molecular flexibility index (Phi) is 58.3. The van der Waals surface area contributed by atoms with Gasteiger partial charge in [0.15, 0.2) is 0 Å². The molecule has 0 fully saturated rings. The first-order chi connectivity index (χ1) is 8.37. The number of hydrogen-bond donors (Lipinski definition) is 0. The van der Waals surface area contributed by atoms with Gasteiger partial charge in [0, 0.05) is 0 Å². The Morgan fingerprint density at radius 2 is 1.00 bits per heavy atom. The minimum Gasteiger partial charge on any atom is -0.335 e. The molecule has 0 saturated heterocycles. The van der Waals surface area contributed by atoms with Crippen molar-refractivity contribution in [3.05, 3.63) is 12.8 Å². The van der Waals surface area contributed by atoms with Crippen molar-refractivity contribution in [3.8, 4) is 12.1 Å². The third kappa shape index (κ3) is 152. The quantitative estimate of drug-likeness (QED) is 0.578. The Balaban J connectivity index is -0.0000000476. The van der Waals surface area contributed by atoms with E-state index in [9.17, 15) is 9.59 Å². The molecule has 0 N–H and O–H groups in total. The maximum absolute atomic E-state index is 9.82. The molecule has 0 heterocycles. The fraction of sp³-hybridized carbons (Fsp3) is 0.571. The van der Waals surface area contributed by atoms with Gasteiger partial charge in [0.05, 0.1) is 25.0 Å². The first-order valence-corrected chi connectivity index (χ1v) is 5.58. The normalized spacial score (nSPS) is 6.11. The number of nitrogens with zero attached hydrogens (tertiary/aromatic N) is 2. The number of carbonyl (C=O) groups is 2. The van der Waals surface area contributed by atoms with Crippen LogP contribution in [0.4, 0.5) is 0 Å². The number of nitriles is 2. The maximum atomic E-state index is 9.82. The predicted octanol–water partition coefficient (Wildman–Crippen LogP) is 3.44. The molecule has 0 aliphatic carbocycles. The van der Waals surface area contributed by atoms with E-state index < -0.39 is 0 Å². The molecule has 0 saturated carbocycles. The van der Waals surface area contributed by atoms with Gasteiger partial charge in [0.1, 0.15) is 11.6 Å². The van der Waals surface area contributed by atoms with Crippen LogP contribution in [0.5, 0.6) is 0 Å². The maximum Gasteiger partial charge on any atom is 2.00 e. The molecule has 0 aromatic carbocycles. The summed E-state index contributed by atoms with van der Waals surface area (Å²) in [5.41, 5.74) is 0. The summed E-state index contributed by atoms with van der Waals surface area (Å²) in [5.74, 6) is -0.144. The van der Waals surface area contributed by atoms with Gasteiger partial charge in [-0.15, -0.1) is 0 Å². The zero-order chi connectivity index (χ0) is 15.4. The molecule has 4 nitrogen and oxygen atoms in total. The minimum absolute atomic E-state index is 0. The summed E-state index contributed by atoms with van der Waals surface area (Å²) in [5, 5.41) is 15.5. The van der Waals surface area contributed by atoms with Crippen molar-refractivity contribution in [3.63, 3.8) is 0 Å². The van der Waals surface area contributed by atoms with Crippen LogP contribution >= 0.6 is 0 Å². The Hall–Kier alpha value is -0.966. The van der Waals surface area contributed by atoms with Crippen molar-refractivity contribution in [1.82, 2.24) is 0 Å². The van der Waals surface area contributed by atoms with Crippen LogP contribution < -0.4 is 0 Å². The molecule has 0 aromatic heterocycles. The van der Waals surface area contributed by atoms with Crippen LogP contribution in [0.1, 0.15) is 54.4 Å². The molecule has 0 unspecified atom stereocenters. The van der Waals surface area contributed by atoms with E-state index >= 15 is 0 Å². The first kappa shape index (κ1) is 30.8. The van der Waals surface area contributed by atoms with Crippen LogP contribution in [0, 0.1) is 35.5 Å². The SMILES string of the molecule is CC(=O)CC#N.CC(=O)CC#N.C[CH-]C.C[CH-]C.[Ti+2]. The molecule has 5 heteroatoms. The molecular weight excluding hydrogens is 276 g/mol. The smallest absolute Gasteiger partial charge is 0.335 e. The van der Waals surface area contributed by atoms with Gasteiger partial charge in [-0.2, -0.15) is 38.2 Å². The number of hydrogen-bond acceptors (Lipinski definition) is 4. The first-order valence-electron chi connectivity index (χ1n) is 5.58. The molecule has 0 spiro atoms. The predicted molar refractivity (Wildman–Crippen MR) is 73.1 cm³/mol. The van der Waals surface area contributed by atoms with Gasteiger partial charge in [0.2, 0.25) is 0 Å². The molecule has 0 aromatic rings. The summed E-state index contributed by atoms with van der Waals surface area (Å²) in [6.45, 7) is 10.8. The molecule has 0 bridgehead atoms. The topological polar surface area (TPSA) is 81.7 Å². The zero-order valence-corrected chi connectivity index (χ0v) is 14.3.